The molecule has 0 bridgehead atoms. The van der Waals surface area contributed by atoms with Crippen LogP contribution in [0.2, 0.25) is 0 Å². The molecule has 0 amide bonds. The quantitative estimate of drug-likeness (QED) is 0.910. The van der Waals surface area contributed by atoms with Crippen LogP contribution in [-0.2, 0) is 12.8 Å². The predicted octanol–water partition coefficient (Wildman–Crippen LogP) is 3.01. The summed E-state index contributed by atoms with van der Waals surface area (Å²) in [5, 5.41) is 3.78. The lowest BCUT2D eigenvalue weighted by Crippen LogP contribution is -2.62. The molecule has 1 heterocycles. The Balaban J connectivity index is 1.71. The van der Waals surface area contributed by atoms with Gasteiger partial charge in [-0.15, -0.1) is 0 Å². The molecule has 1 saturated heterocycles. The van der Waals surface area contributed by atoms with Crippen LogP contribution in [0.1, 0.15) is 44.2 Å². The van der Waals surface area contributed by atoms with E-state index in [0.717, 1.165) is 12.6 Å². The molecule has 1 atom stereocenters. The average Bonchev–Trinajstić information content (AvgIpc) is 2.54. The maximum atomic E-state index is 3.78. The van der Waals surface area contributed by atoms with E-state index >= 15 is 0 Å². The number of piperazine rings is 1. The van der Waals surface area contributed by atoms with Gasteiger partial charge in [-0.2, -0.15) is 0 Å². The van der Waals surface area contributed by atoms with Gasteiger partial charge < -0.3 is 5.32 Å². The highest BCUT2D eigenvalue weighted by Gasteiger charge is 2.35. The van der Waals surface area contributed by atoms with Crippen molar-refractivity contribution in [2.45, 2.75) is 57.5 Å². The van der Waals surface area contributed by atoms with Gasteiger partial charge in [0.2, 0.25) is 0 Å². The number of nitrogens with one attached hydrogen (secondary N) is 1. The summed E-state index contributed by atoms with van der Waals surface area (Å²) in [6.45, 7) is 8.26. The van der Waals surface area contributed by atoms with Gasteiger partial charge in [0.05, 0.1) is 0 Å². The minimum Gasteiger partial charge on any atom is -0.309 e. The Morgan fingerprint density at radius 2 is 1.95 bits per heavy atom. The number of rotatable bonds is 3. The molecule has 3 rings (SSSR count). The first kappa shape index (κ1) is 14.1. The third-order valence-corrected chi connectivity index (χ3v) is 5.60. The average molecular weight is 272 g/mol. The van der Waals surface area contributed by atoms with Crippen LogP contribution < -0.4 is 5.32 Å². The third kappa shape index (κ3) is 2.64. The highest BCUT2D eigenvalue weighted by Crippen LogP contribution is 2.28. The maximum absolute atomic E-state index is 3.78. The summed E-state index contributed by atoms with van der Waals surface area (Å²) in [7, 11) is 0. The summed E-state index contributed by atoms with van der Waals surface area (Å²) in [5.41, 5.74) is 3.52. The van der Waals surface area contributed by atoms with Crippen molar-refractivity contribution in [3.05, 3.63) is 35.4 Å². The molecule has 2 aliphatic rings. The van der Waals surface area contributed by atoms with Crippen LogP contribution in [0.3, 0.4) is 0 Å². The lowest BCUT2D eigenvalue weighted by atomic mass is 9.84. The molecule has 20 heavy (non-hydrogen) atoms. The van der Waals surface area contributed by atoms with E-state index in [2.05, 4.69) is 48.3 Å². The molecule has 1 fully saturated rings. The first-order valence-corrected chi connectivity index (χ1v) is 8.32. The summed E-state index contributed by atoms with van der Waals surface area (Å²) < 4.78 is 0. The molecule has 1 aliphatic heterocycles. The Bertz CT molecular complexity index is 450. The second-order valence-corrected chi connectivity index (χ2v) is 6.55. The van der Waals surface area contributed by atoms with Gasteiger partial charge in [0, 0.05) is 31.2 Å². The van der Waals surface area contributed by atoms with E-state index in [1.165, 1.54) is 45.2 Å². The molecule has 0 spiro atoms. The largest absolute Gasteiger partial charge is 0.309 e. The number of hydrogen-bond acceptors (Lipinski definition) is 2. The lowest BCUT2D eigenvalue weighted by Gasteiger charge is -2.47. The fourth-order valence-corrected chi connectivity index (χ4v) is 4.01. The molecule has 1 aromatic rings. The third-order valence-electron chi connectivity index (χ3n) is 5.60. The van der Waals surface area contributed by atoms with Crippen LogP contribution in [0, 0.1) is 0 Å². The van der Waals surface area contributed by atoms with Gasteiger partial charge in [-0.1, -0.05) is 38.1 Å². The van der Waals surface area contributed by atoms with Gasteiger partial charge in [0.15, 0.2) is 0 Å². The number of hydrogen-bond donors (Lipinski definition) is 1. The fourth-order valence-electron chi connectivity index (χ4n) is 4.01. The summed E-state index contributed by atoms with van der Waals surface area (Å²) >= 11 is 0. The zero-order chi connectivity index (χ0) is 14.0. The van der Waals surface area contributed by atoms with Gasteiger partial charge in [-0.05, 0) is 43.2 Å². The molecule has 2 heteroatoms. The fraction of sp³-hybridized carbons (Fsp3) is 0.667. The minimum atomic E-state index is 0.356. The SMILES string of the molecule is CCC1(CC)CN(C2CCc3ccccc3C2)CCN1. The van der Waals surface area contributed by atoms with Gasteiger partial charge in [-0.3, -0.25) is 4.90 Å². The number of benzene rings is 1. The van der Waals surface area contributed by atoms with Gasteiger partial charge in [0.25, 0.3) is 0 Å². The zero-order valence-corrected chi connectivity index (χ0v) is 13.0. The number of fused-ring (bicyclic) bond motifs is 1. The molecule has 1 unspecified atom stereocenters. The number of nitrogens with zero attached hydrogens (tertiary/aromatic N) is 1. The monoisotopic (exact) mass is 272 g/mol. The van der Waals surface area contributed by atoms with Crippen molar-refractivity contribution in [3.8, 4) is 0 Å². The minimum absolute atomic E-state index is 0.356. The van der Waals surface area contributed by atoms with Crippen molar-refractivity contribution in [1.82, 2.24) is 10.2 Å². The van der Waals surface area contributed by atoms with Crippen LogP contribution in [0.25, 0.3) is 0 Å². The molecule has 0 aromatic heterocycles. The van der Waals surface area contributed by atoms with E-state index in [-0.39, 0.29) is 0 Å². The maximum Gasteiger partial charge on any atom is 0.0304 e. The Morgan fingerprint density at radius 3 is 2.70 bits per heavy atom. The van der Waals surface area contributed by atoms with E-state index < -0.39 is 0 Å². The smallest absolute Gasteiger partial charge is 0.0304 e. The van der Waals surface area contributed by atoms with Gasteiger partial charge in [0.1, 0.15) is 0 Å². The highest BCUT2D eigenvalue weighted by atomic mass is 15.2. The first-order valence-electron chi connectivity index (χ1n) is 8.32. The first-order chi connectivity index (χ1) is 9.76. The second-order valence-electron chi connectivity index (χ2n) is 6.55. The predicted molar refractivity (Wildman–Crippen MR) is 85.1 cm³/mol. The second kappa shape index (κ2) is 5.87. The molecule has 1 N–H and O–H groups in total. The Hall–Kier alpha value is -0.860. The molecule has 1 aliphatic carbocycles. The van der Waals surface area contributed by atoms with Crippen molar-refractivity contribution in [3.63, 3.8) is 0 Å². The van der Waals surface area contributed by atoms with Crippen molar-refractivity contribution in [2.75, 3.05) is 19.6 Å². The molecule has 0 radical (unpaired) electrons. The Morgan fingerprint density at radius 1 is 1.20 bits per heavy atom. The van der Waals surface area contributed by atoms with E-state index in [4.69, 9.17) is 0 Å². The number of aryl methyl sites for hydroxylation is 1. The summed E-state index contributed by atoms with van der Waals surface area (Å²) in [6, 6.07) is 9.77. The van der Waals surface area contributed by atoms with Crippen molar-refractivity contribution >= 4 is 0 Å². The molecular weight excluding hydrogens is 244 g/mol. The van der Waals surface area contributed by atoms with Crippen LogP contribution in [0.5, 0.6) is 0 Å². The summed E-state index contributed by atoms with van der Waals surface area (Å²) in [5.74, 6) is 0. The molecule has 1 aromatic carbocycles. The van der Waals surface area contributed by atoms with E-state index in [1.54, 1.807) is 11.1 Å². The van der Waals surface area contributed by atoms with E-state index in [1.807, 2.05) is 0 Å². The molecule has 2 nitrogen and oxygen atoms in total. The van der Waals surface area contributed by atoms with Crippen LogP contribution in [-0.4, -0.2) is 36.1 Å². The van der Waals surface area contributed by atoms with Crippen LogP contribution in [0.15, 0.2) is 24.3 Å². The molecular formula is C18H28N2. The standard InChI is InChI=1S/C18H28N2/c1-3-18(4-2)14-20(12-11-19-18)17-10-9-15-7-5-6-8-16(15)13-17/h5-8,17,19H,3-4,9-14H2,1-2H3. The Labute approximate surface area is 123 Å². The van der Waals surface area contributed by atoms with Crippen molar-refractivity contribution in [1.29, 1.82) is 0 Å². The summed E-state index contributed by atoms with van der Waals surface area (Å²) in [6.07, 6.45) is 6.32. The van der Waals surface area contributed by atoms with Gasteiger partial charge in [-0.25, -0.2) is 0 Å². The molecule has 0 saturated carbocycles. The van der Waals surface area contributed by atoms with Crippen molar-refractivity contribution in [2.24, 2.45) is 0 Å². The highest BCUT2D eigenvalue weighted by molar-refractivity contribution is 5.30. The topological polar surface area (TPSA) is 15.3 Å². The van der Waals surface area contributed by atoms with Crippen LogP contribution >= 0.6 is 0 Å². The van der Waals surface area contributed by atoms with Gasteiger partial charge >= 0.3 is 0 Å². The lowest BCUT2D eigenvalue weighted by molar-refractivity contribution is 0.0792. The van der Waals surface area contributed by atoms with E-state index in [0.29, 0.717) is 5.54 Å². The Kier molecular flexibility index (Phi) is 4.13. The van der Waals surface area contributed by atoms with Crippen LogP contribution in [0.4, 0.5) is 0 Å². The summed E-state index contributed by atoms with van der Waals surface area (Å²) in [4.78, 5) is 2.76. The van der Waals surface area contributed by atoms with Crippen molar-refractivity contribution < 1.29 is 0 Å². The van der Waals surface area contributed by atoms with E-state index in [9.17, 15) is 0 Å². The normalized spacial score (nSPS) is 26.2. The zero-order valence-electron chi connectivity index (χ0n) is 13.0. The molecule has 110 valence electrons.